The highest BCUT2D eigenvalue weighted by Crippen LogP contribution is 2.27. The lowest BCUT2D eigenvalue weighted by atomic mass is 10.2. The van der Waals surface area contributed by atoms with Crippen LogP contribution in [0, 0.1) is 6.92 Å². The third-order valence-electron chi connectivity index (χ3n) is 5.84. The Labute approximate surface area is 227 Å². The van der Waals surface area contributed by atoms with E-state index in [0.717, 1.165) is 0 Å². The fourth-order valence-electron chi connectivity index (χ4n) is 3.88. The van der Waals surface area contributed by atoms with Gasteiger partial charge in [-0.15, -0.1) is 10.2 Å². The second kappa shape index (κ2) is 10.8. The van der Waals surface area contributed by atoms with E-state index in [2.05, 4.69) is 25.1 Å². The first kappa shape index (κ1) is 26.3. The summed E-state index contributed by atoms with van der Waals surface area (Å²) in [4.78, 5) is 19.4. The summed E-state index contributed by atoms with van der Waals surface area (Å²) in [5, 5.41) is 13.1. The normalized spacial score (nSPS) is 14.1. The highest BCUT2D eigenvalue weighted by Gasteiger charge is 2.29. The molecule has 198 valence electrons. The number of hydrogen-bond donors (Lipinski definition) is 1. The number of amides is 1. The fraction of sp³-hybridized carbons (Fsp3) is 0.261. The number of rotatable bonds is 7. The number of nitrogens with zero attached hydrogens (tertiary/aromatic N) is 6. The van der Waals surface area contributed by atoms with Crippen molar-refractivity contribution in [3.63, 3.8) is 0 Å². The lowest BCUT2D eigenvalue weighted by Crippen LogP contribution is -2.41. The van der Waals surface area contributed by atoms with Gasteiger partial charge in [0.25, 0.3) is 5.91 Å². The van der Waals surface area contributed by atoms with Gasteiger partial charge in [-0.2, -0.15) is 0 Å². The molecule has 38 heavy (non-hydrogen) atoms. The molecule has 1 aromatic carbocycles. The van der Waals surface area contributed by atoms with Gasteiger partial charge in [0, 0.05) is 36.9 Å². The molecule has 0 atom stereocenters. The summed E-state index contributed by atoms with van der Waals surface area (Å²) in [5.41, 5.74) is 1.27. The minimum Gasteiger partial charge on any atom is -0.378 e. The zero-order valence-electron chi connectivity index (χ0n) is 20.0. The fourth-order valence-corrected chi connectivity index (χ4v) is 5.27. The van der Waals surface area contributed by atoms with Gasteiger partial charge in [-0.05, 0) is 42.3 Å². The van der Waals surface area contributed by atoms with Gasteiger partial charge >= 0.3 is 0 Å². The number of ether oxygens (including phenoxy) is 1. The van der Waals surface area contributed by atoms with Crippen molar-refractivity contribution in [3.05, 3.63) is 69.8 Å². The number of carbonyl (C=O) groups excluding carboxylic acids is 1. The first-order valence-electron chi connectivity index (χ1n) is 11.4. The topological polar surface area (TPSA) is 145 Å². The van der Waals surface area contributed by atoms with Gasteiger partial charge in [0.1, 0.15) is 12.0 Å². The van der Waals surface area contributed by atoms with E-state index in [0.29, 0.717) is 42.5 Å². The molecule has 12 nitrogen and oxygen atoms in total. The summed E-state index contributed by atoms with van der Waals surface area (Å²) in [7, 11) is -3.91. The molecule has 0 bridgehead atoms. The van der Waals surface area contributed by atoms with E-state index in [4.69, 9.17) is 32.5 Å². The molecular weight excluding hydrogens is 557 g/mol. The molecule has 4 aromatic rings. The largest absolute Gasteiger partial charge is 0.378 e. The molecule has 5 rings (SSSR count). The van der Waals surface area contributed by atoms with Crippen molar-refractivity contribution in [3.8, 4) is 17.3 Å². The summed E-state index contributed by atoms with van der Waals surface area (Å²) in [6, 6.07) is 7.52. The van der Waals surface area contributed by atoms with Crippen LogP contribution in [0.5, 0.6) is 0 Å². The first-order valence-corrected chi connectivity index (χ1v) is 13.6. The average Bonchev–Trinajstić information content (AvgIpc) is 3.59. The number of aryl methyl sites for hydroxylation is 1. The van der Waals surface area contributed by atoms with Gasteiger partial charge in [-0.3, -0.25) is 9.78 Å². The standard InChI is InChI=1S/C23H21Cl2N7O5S/c1-14-10-17(2-3-18(14)25)38(34,35)27-12-15-11-16(24)13-26-20(15)21-28-29-22(32(21)19-4-7-37-30-19)23(33)31-5-8-36-9-6-31/h2-4,7,10-11,13,27H,5-6,8-9,12H2,1H3. The molecular formula is C23H21Cl2N7O5S. The maximum atomic E-state index is 13.3. The van der Waals surface area contributed by atoms with Crippen LogP contribution in [0.4, 0.5) is 0 Å². The Morgan fingerprint density at radius 2 is 1.92 bits per heavy atom. The number of pyridine rings is 1. The van der Waals surface area contributed by atoms with Crippen LogP contribution in [0.15, 0.2) is 52.2 Å². The number of nitrogens with one attached hydrogen (secondary N) is 1. The van der Waals surface area contributed by atoms with Gasteiger partial charge < -0.3 is 14.2 Å². The number of hydrogen-bond acceptors (Lipinski definition) is 9. The van der Waals surface area contributed by atoms with Crippen molar-refractivity contribution in [1.29, 1.82) is 0 Å². The van der Waals surface area contributed by atoms with Crippen LogP contribution in [0.3, 0.4) is 0 Å². The van der Waals surface area contributed by atoms with E-state index in [1.807, 2.05) is 0 Å². The second-order valence-corrected chi connectivity index (χ2v) is 11.0. The van der Waals surface area contributed by atoms with Crippen molar-refractivity contribution in [2.75, 3.05) is 26.3 Å². The quantitative estimate of drug-likeness (QED) is 0.350. The third kappa shape index (κ3) is 5.28. The van der Waals surface area contributed by atoms with Crippen LogP contribution in [0.1, 0.15) is 21.7 Å². The van der Waals surface area contributed by atoms with Gasteiger partial charge in [0.15, 0.2) is 11.6 Å². The van der Waals surface area contributed by atoms with Gasteiger partial charge in [0.05, 0.1) is 23.1 Å². The van der Waals surface area contributed by atoms with Crippen LogP contribution in [0.2, 0.25) is 10.0 Å². The number of aromatic nitrogens is 5. The number of sulfonamides is 1. The molecule has 3 aromatic heterocycles. The van der Waals surface area contributed by atoms with E-state index in [1.54, 1.807) is 24.0 Å². The van der Waals surface area contributed by atoms with Crippen molar-refractivity contribution in [2.24, 2.45) is 0 Å². The predicted octanol–water partition coefficient (Wildman–Crippen LogP) is 2.88. The van der Waals surface area contributed by atoms with Crippen molar-refractivity contribution < 1.29 is 22.5 Å². The molecule has 1 aliphatic heterocycles. The van der Waals surface area contributed by atoms with Gasteiger partial charge in [-0.1, -0.05) is 28.4 Å². The van der Waals surface area contributed by atoms with E-state index in [1.165, 1.54) is 35.2 Å². The molecule has 0 radical (unpaired) electrons. The Morgan fingerprint density at radius 1 is 1.13 bits per heavy atom. The summed E-state index contributed by atoms with van der Waals surface area (Å²) < 4.78 is 40.3. The van der Waals surface area contributed by atoms with Crippen LogP contribution >= 0.6 is 23.2 Å². The Hall–Kier alpha value is -3.36. The summed E-state index contributed by atoms with van der Waals surface area (Å²) in [6.07, 6.45) is 2.74. The predicted molar refractivity (Wildman–Crippen MR) is 137 cm³/mol. The molecule has 0 saturated carbocycles. The monoisotopic (exact) mass is 577 g/mol. The Balaban J connectivity index is 1.52. The van der Waals surface area contributed by atoms with Crippen LogP contribution in [0.25, 0.3) is 17.3 Å². The number of benzene rings is 1. The summed E-state index contributed by atoms with van der Waals surface area (Å²) in [6.45, 7) is 3.16. The van der Waals surface area contributed by atoms with Gasteiger partial charge in [0.2, 0.25) is 15.8 Å². The number of carbonyl (C=O) groups is 1. The Kier molecular flexibility index (Phi) is 7.45. The van der Waals surface area contributed by atoms with Crippen LogP contribution in [-0.4, -0.2) is 70.4 Å². The maximum absolute atomic E-state index is 13.3. The molecule has 0 spiro atoms. The van der Waals surface area contributed by atoms with E-state index in [-0.39, 0.29) is 45.5 Å². The summed E-state index contributed by atoms with van der Waals surface area (Å²) in [5.74, 6) is 0.0327. The minimum absolute atomic E-state index is 0.00396. The lowest BCUT2D eigenvalue weighted by molar-refractivity contribution is 0.0293. The Bertz CT molecular complexity index is 1590. The molecule has 1 N–H and O–H groups in total. The second-order valence-electron chi connectivity index (χ2n) is 8.34. The van der Waals surface area contributed by atoms with Gasteiger partial charge in [-0.25, -0.2) is 17.7 Å². The number of halogens is 2. The number of morpholine rings is 1. The summed E-state index contributed by atoms with van der Waals surface area (Å²) >= 11 is 12.3. The molecule has 15 heteroatoms. The first-order chi connectivity index (χ1) is 18.2. The third-order valence-corrected chi connectivity index (χ3v) is 7.87. The van der Waals surface area contributed by atoms with E-state index in [9.17, 15) is 13.2 Å². The van der Waals surface area contributed by atoms with E-state index < -0.39 is 10.0 Å². The molecule has 0 unspecified atom stereocenters. The zero-order valence-corrected chi connectivity index (χ0v) is 22.3. The van der Waals surface area contributed by atoms with Crippen LogP contribution < -0.4 is 4.72 Å². The van der Waals surface area contributed by atoms with Crippen molar-refractivity contribution in [1.82, 2.24) is 34.5 Å². The molecule has 1 fully saturated rings. The maximum Gasteiger partial charge on any atom is 0.292 e. The zero-order chi connectivity index (χ0) is 26.9. The Morgan fingerprint density at radius 3 is 2.63 bits per heavy atom. The SMILES string of the molecule is Cc1cc(S(=O)(=O)NCc2cc(Cl)cnc2-c2nnc(C(=O)N3CCOCC3)n2-c2ccon2)ccc1Cl. The minimum atomic E-state index is -3.91. The lowest BCUT2D eigenvalue weighted by Gasteiger charge is -2.26. The molecule has 1 saturated heterocycles. The molecule has 0 aliphatic carbocycles. The van der Waals surface area contributed by atoms with Crippen LogP contribution in [-0.2, 0) is 21.3 Å². The molecule has 4 heterocycles. The highest BCUT2D eigenvalue weighted by molar-refractivity contribution is 7.89. The average molecular weight is 578 g/mol. The molecule has 1 amide bonds. The smallest absolute Gasteiger partial charge is 0.292 e. The highest BCUT2D eigenvalue weighted by atomic mass is 35.5. The molecule has 1 aliphatic rings. The van der Waals surface area contributed by atoms with Crippen molar-refractivity contribution in [2.45, 2.75) is 18.4 Å². The van der Waals surface area contributed by atoms with E-state index >= 15 is 0 Å². The van der Waals surface area contributed by atoms with Crippen molar-refractivity contribution >= 4 is 39.1 Å².